The molecule has 1 aromatic heterocycles. The topological polar surface area (TPSA) is 51.8 Å². The number of benzene rings is 1. The van der Waals surface area contributed by atoms with Gasteiger partial charge in [-0.25, -0.2) is 9.97 Å². The zero-order valence-electron chi connectivity index (χ0n) is 7.31. The van der Waals surface area contributed by atoms with Gasteiger partial charge in [-0.3, -0.25) is 0 Å². The third-order valence-electron chi connectivity index (χ3n) is 1.80. The minimum atomic E-state index is 0.328. The molecule has 0 saturated carbocycles. The summed E-state index contributed by atoms with van der Waals surface area (Å²) in [5.41, 5.74) is 7.04. The van der Waals surface area contributed by atoms with Crippen molar-refractivity contribution in [3.63, 3.8) is 0 Å². The quantitative estimate of drug-likeness (QED) is 0.778. The fourth-order valence-corrected chi connectivity index (χ4v) is 1.42. The predicted octanol–water partition coefficient (Wildman–Crippen LogP) is 2.38. The molecular formula is C10H8ClN3. The van der Waals surface area contributed by atoms with Gasteiger partial charge in [0.25, 0.3) is 0 Å². The number of aromatic nitrogens is 2. The first-order chi connectivity index (χ1) is 6.77. The maximum absolute atomic E-state index is 5.91. The lowest BCUT2D eigenvalue weighted by atomic mass is 10.2. The Hall–Kier alpha value is -1.61. The van der Waals surface area contributed by atoms with E-state index in [1.165, 1.54) is 6.20 Å². The van der Waals surface area contributed by atoms with Crippen molar-refractivity contribution in [2.45, 2.75) is 0 Å². The molecule has 4 heteroatoms. The molecule has 14 heavy (non-hydrogen) atoms. The van der Waals surface area contributed by atoms with Gasteiger partial charge in [0, 0.05) is 5.56 Å². The Bertz CT molecular complexity index is 442. The smallest absolute Gasteiger partial charge is 0.157 e. The highest BCUT2D eigenvalue weighted by molar-refractivity contribution is 6.31. The molecule has 0 bridgehead atoms. The molecule has 0 spiro atoms. The highest BCUT2D eigenvalue weighted by Crippen LogP contribution is 2.23. The average molecular weight is 206 g/mol. The second-order valence-electron chi connectivity index (χ2n) is 2.80. The first-order valence-electron chi connectivity index (χ1n) is 4.11. The zero-order chi connectivity index (χ0) is 9.97. The Kier molecular flexibility index (Phi) is 2.33. The average Bonchev–Trinajstić information content (AvgIpc) is 2.19. The van der Waals surface area contributed by atoms with Gasteiger partial charge >= 0.3 is 0 Å². The van der Waals surface area contributed by atoms with Crippen LogP contribution in [0, 0.1) is 0 Å². The van der Waals surface area contributed by atoms with Crippen LogP contribution in [0.2, 0.25) is 5.15 Å². The summed E-state index contributed by atoms with van der Waals surface area (Å²) in [5, 5.41) is 0.330. The van der Waals surface area contributed by atoms with Crippen LogP contribution in [-0.4, -0.2) is 9.97 Å². The zero-order valence-corrected chi connectivity index (χ0v) is 8.07. The van der Waals surface area contributed by atoms with Gasteiger partial charge in [-0.05, 0) is 0 Å². The molecule has 0 fully saturated rings. The van der Waals surface area contributed by atoms with Crippen LogP contribution in [0.4, 0.5) is 5.82 Å². The van der Waals surface area contributed by atoms with Crippen molar-refractivity contribution in [3.8, 4) is 11.3 Å². The van der Waals surface area contributed by atoms with Crippen LogP contribution in [0.1, 0.15) is 0 Å². The largest absolute Gasteiger partial charge is 0.382 e. The first kappa shape index (κ1) is 8.97. The van der Waals surface area contributed by atoms with Crippen molar-refractivity contribution >= 4 is 17.4 Å². The van der Waals surface area contributed by atoms with E-state index in [4.69, 9.17) is 17.3 Å². The molecule has 2 rings (SSSR count). The Labute approximate surface area is 86.6 Å². The SMILES string of the molecule is Nc1cnc(-c2ccccc2)c(Cl)n1. The number of nitrogens with zero attached hydrogens (tertiary/aromatic N) is 2. The Balaban J connectivity index is 2.53. The normalized spacial score (nSPS) is 10.1. The second kappa shape index (κ2) is 3.64. The summed E-state index contributed by atoms with van der Waals surface area (Å²) in [7, 11) is 0. The lowest BCUT2D eigenvalue weighted by Gasteiger charge is -2.02. The predicted molar refractivity (Wildman–Crippen MR) is 56.9 cm³/mol. The van der Waals surface area contributed by atoms with E-state index in [9.17, 15) is 0 Å². The fraction of sp³-hybridized carbons (Fsp3) is 0. The summed E-state index contributed by atoms with van der Waals surface area (Å²) in [6.07, 6.45) is 1.49. The van der Waals surface area contributed by atoms with Crippen LogP contribution in [0.5, 0.6) is 0 Å². The minimum Gasteiger partial charge on any atom is -0.382 e. The van der Waals surface area contributed by atoms with Crippen LogP contribution in [0.25, 0.3) is 11.3 Å². The van der Waals surface area contributed by atoms with Crippen molar-refractivity contribution in [2.24, 2.45) is 0 Å². The third-order valence-corrected chi connectivity index (χ3v) is 2.06. The molecule has 0 saturated heterocycles. The molecule has 70 valence electrons. The minimum absolute atomic E-state index is 0.328. The summed E-state index contributed by atoms with van der Waals surface area (Å²) in [5.74, 6) is 0.328. The monoisotopic (exact) mass is 205 g/mol. The van der Waals surface area contributed by atoms with E-state index < -0.39 is 0 Å². The molecule has 0 amide bonds. The first-order valence-corrected chi connectivity index (χ1v) is 4.48. The number of halogens is 1. The highest BCUT2D eigenvalue weighted by atomic mass is 35.5. The third kappa shape index (κ3) is 1.67. The number of rotatable bonds is 1. The molecular weight excluding hydrogens is 198 g/mol. The fourth-order valence-electron chi connectivity index (χ4n) is 1.17. The van der Waals surface area contributed by atoms with Crippen LogP contribution in [0.3, 0.4) is 0 Å². The summed E-state index contributed by atoms with van der Waals surface area (Å²) in [6.45, 7) is 0. The van der Waals surface area contributed by atoms with Gasteiger partial charge in [0.15, 0.2) is 5.15 Å². The number of anilines is 1. The summed E-state index contributed by atoms with van der Waals surface area (Å²) in [4.78, 5) is 8.06. The van der Waals surface area contributed by atoms with Crippen molar-refractivity contribution in [1.29, 1.82) is 0 Å². The van der Waals surface area contributed by atoms with E-state index in [0.717, 1.165) is 5.56 Å². The van der Waals surface area contributed by atoms with Crippen molar-refractivity contribution in [3.05, 3.63) is 41.7 Å². The molecule has 3 nitrogen and oxygen atoms in total. The Morgan fingerprint density at radius 1 is 1.14 bits per heavy atom. The maximum atomic E-state index is 5.91. The van der Waals surface area contributed by atoms with E-state index in [-0.39, 0.29) is 0 Å². The lowest BCUT2D eigenvalue weighted by molar-refractivity contribution is 1.22. The van der Waals surface area contributed by atoms with Gasteiger partial charge in [-0.1, -0.05) is 41.9 Å². The molecule has 0 unspecified atom stereocenters. The number of nitrogens with two attached hydrogens (primary N) is 1. The molecule has 2 aromatic rings. The summed E-state index contributed by atoms with van der Waals surface area (Å²) in [6, 6.07) is 9.62. The van der Waals surface area contributed by atoms with Crippen molar-refractivity contribution in [2.75, 3.05) is 5.73 Å². The number of hydrogen-bond donors (Lipinski definition) is 1. The summed E-state index contributed by atoms with van der Waals surface area (Å²) >= 11 is 5.91. The highest BCUT2D eigenvalue weighted by Gasteiger charge is 2.05. The van der Waals surface area contributed by atoms with E-state index in [2.05, 4.69) is 9.97 Å². The molecule has 1 aromatic carbocycles. The lowest BCUT2D eigenvalue weighted by Crippen LogP contribution is -1.94. The van der Waals surface area contributed by atoms with E-state index in [1.807, 2.05) is 30.3 Å². The molecule has 0 aliphatic heterocycles. The Morgan fingerprint density at radius 3 is 2.50 bits per heavy atom. The molecule has 1 heterocycles. The van der Waals surface area contributed by atoms with Gasteiger partial charge in [0.05, 0.1) is 6.20 Å². The summed E-state index contributed by atoms with van der Waals surface area (Å²) < 4.78 is 0. The van der Waals surface area contributed by atoms with Crippen LogP contribution in [-0.2, 0) is 0 Å². The molecule has 0 radical (unpaired) electrons. The van der Waals surface area contributed by atoms with Gasteiger partial charge in [0.2, 0.25) is 0 Å². The van der Waals surface area contributed by atoms with E-state index in [1.54, 1.807) is 0 Å². The van der Waals surface area contributed by atoms with Crippen molar-refractivity contribution < 1.29 is 0 Å². The number of hydrogen-bond acceptors (Lipinski definition) is 3. The van der Waals surface area contributed by atoms with Gasteiger partial charge < -0.3 is 5.73 Å². The molecule has 0 atom stereocenters. The Morgan fingerprint density at radius 2 is 1.86 bits per heavy atom. The van der Waals surface area contributed by atoms with Gasteiger partial charge in [-0.2, -0.15) is 0 Å². The molecule has 0 aliphatic carbocycles. The van der Waals surface area contributed by atoms with E-state index >= 15 is 0 Å². The maximum Gasteiger partial charge on any atom is 0.157 e. The molecule has 2 N–H and O–H groups in total. The standard InChI is InChI=1S/C10H8ClN3/c11-10-9(13-6-8(12)14-10)7-4-2-1-3-5-7/h1-6H,(H2,12,14). The van der Waals surface area contributed by atoms with Crippen LogP contribution in [0.15, 0.2) is 36.5 Å². The van der Waals surface area contributed by atoms with Gasteiger partial charge in [0.1, 0.15) is 11.5 Å². The van der Waals surface area contributed by atoms with Crippen molar-refractivity contribution in [1.82, 2.24) is 9.97 Å². The van der Waals surface area contributed by atoms with Crippen LogP contribution < -0.4 is 5.73 Å². The van der Waals surface area contributed by atoms with E-state index in [0.29, 0.717) is 16.7 Å². The number of nitrogen functional groups attached to an aromatic ring is 1. The molecule has 0 aliphatic rings. The van der Waals surface area contributed by atoms with Crippen LogP contribution >= 0.6 is 11.6 Å². The van der Waals surface area contributed by atoms with Gasteiger partial charge in [-0.15, -0.1) is 0 Å². The second-order valence-corrected chi connectivity index (χ2v) is 3.16.